The van der Waals surface area contributed by atoms with Gasteiger partial charge < -0.3 is 5.32 Å². The number of amides is 1. The van der Waals surface area contributed by atoms with E-state index in [0.29, 0.717) is 12.2 Å². The first-order valence-corrected chi connectivity index (χ1v) is 7.25. The molecule has 0 spiro atoms. The van der Waals surface area contributed by atoms with Crippen molar-refractivity contribution in [3.63, 3.8) is 0 Å². The van der Waals surface area contributed by atoms with Crippen LogP contribution >= 0.6 is 11.3 Å². The Morgan fingerprint density at radius 1 is 1.33 bits per heavy atom. The minimum atomic E-state index is -0.0364. The fourth-order valence-electron chi connectivity index (χ4n) is 1.99. The van der Waals surface area contributed by atoms with Gasteiger partial charge in [0.1, 0.15) is 0 Å². The van der Waals surface area contributed by atoms with Gasteiger partial charge in [0.05, 0.1) is 6.42 Å². The van der Waals surface area contributed by atoms with Crippen molar-refractivity contribution in [1.82, 2.24) is 20.2 Å². The van der Waals surface area contributed by atoms with E-state index in [9.17, 15) is 4.79 Å². The Hall–Kier alpha value is -2.54. The Balaban J connectivity index is 1.74. The predicted octanol–water partition coefficient (Wildman–Crippen LogP) is 2.12. The van der Waals surface area contributed by atoms with Crippen molar-refractivity contribution < 1.29 is 4.79 Å². The van der Waals surface area contributed by atoms with E-state index in [0.717, 1.165) is 16.1 Å². The van der Waals surface area contributed by atoms with E-state index in [-0.39, 0.29) is 5.91 Å². The largest absolute Gasteiger partial charge is 0.326 e. The number of thiophene rings is 1. The van der Waals surface area contributed by atoms with Crippen molar-refractivity contribution in [1.29, 1.82) is 0 Å². The third kappa shape index (κ3) is 3.14. The van der Waals surface area contributed by atoms with Crippen LogP contribution in [0.4, 0.5) is 5.69 Å². The van der Waals surface area contributed by atoms with Crippen LogP contribution in [-0.2, 0) is 18.3 Å². The maximum atomic E-state index is 12.0. The maximum Gasteiger partial charge on any atom is 0.229 e. The molecule has 106 valence electrons. The van der Waals surface area contributed by atoms with Gasteiger partial charge in [0, 0.05) is 23.2 Å². The summed E-state index contributed by atoms with van der Waals surface area (Å²) in [5.74, 6) is 0.620. The molecule has 21 heavy (non-hydrogen) atoms. The highest BCUT2D eigenvalue weighted by atomic mass is 32.1. The molecule has 6 nitrogen and oxygen atoms in total. The van der Waals surface area contributed by atoms with E-state index < -0.39 is 0 Å². The van der Waals surface area contributed by atoms with Crippen molar-refractivity contribution in [2.24, 2.45) is 7.05 Å². The summed E-state index contributed by atoms with van der Waals surface area (Å²) in [5, 5.41) is 16.2. The SMILES string of the molecule is Cn1nnnc1-c1cccc(NC(=O)Cc2cccs2)c1. The molecule has 0 aliphatic carbocycles. The summed E-state index contributed by atoms with van der Waals surface area (Å²) in [7, 11) is 1.78. The molecule has 0 aliphatic rings. The Morgan fingerprint density at radius 2 is 2.24 bits per heavy atom. The van der Waals surface area contributed by atoms with Gasteiger partial charge in [-0.1, -0.05) is 18.2 Å². The molecule has 2 aromatic heterocycles. The lowest BCUT2D eigenvalue weighted by molar-refractivity contribution is -0.115. The third-order valence-electron chi connectivity index (χ3n) is 2.94. The van der Waals surface area contributed by atoms with Crippen LogP contribution in [0.3, 0.4) is 0 Å². The minimum absolute atomic E-state index is 0.0364. The first-order chi connectivity index (χ1) is 10.2. The van der Waals surface area contributed by atoms with Gasteiger partial charge in [-0.3, -0.25) is 4.79 Å². The van der Waals surface area contributed by atoms with Crippen LogP contribution in [0.1, 0.15) is 4.88 Å². The fourth-order valence-corrected chi connectivity index (χ4v) is 2.69. The number of tetrazole rings is 1. The number of carbonyl (C=O) groups excluding carboxylic acids is 1. The lowest BCUT2D eigenvalue weighted by Gasteiger charge is -2.06. The summed E-state index contributed by atoms with van der Waals surface area (Å²) >= 11 is 1.57. The van der Waals surface area contributed by atoms with E-state index >= 15 is 0 Å². The number of rotatable bonds is 4. The topological polar surface area (TPSA) is 72.7 Å². The van der Waals surface area contributed by atoms with Gasteiger partial charge in [0.2, 0.25) is 5.91 Å². The van der Waals surface area contributed by atoms with Crippen LogP contribution in [-0.4, -0.2) is 26.1 Å². The van der Waals surface area contributed by atoms with Crippen molar-refractivity contribution in [2.75, 3.05) is 5.32 Å². The summed E-state index contributed by atoms with van der Waals surface area (Å²) in [6, 6.07) is 11.4. The second-order valence-electron chi connectivity index (χ2n) is 4.51. The first-order valence-electron chi connectivity index (χ1n) is 6.37. The van der Waals surface area contributed by atoms with Crippen LogP contribution in [0.15, 0.2) is 41.8 Å². The predicted molar refractivity (Wildman–Crippen MR) is 80.9 cm³/mol. The summed E-state index contributed by atoms with van der Waals surface area (Å²) in [6.45, 7) is 0. The lowest BCUT2D eigenvalue weighted by Crippen LogP contribution is -2.13. The number of hydrogen-bond acceptors (Lipinski definition) is 5. The Kier molecular flexibility index (Phi) is 3.74. The zero-order chi connectivity index (χ0) is 14.7. The molecule has 0 radical (unpaired) electrons. The number of hydrogen-bond donors (Lipinski definition) is 1. The number of carbonyl (C=O) groups is 1. The molecule has 1 amide bonds. The van der Waals surface area contributed by atoms with Crippen LogP contribution in [0, 0.1) is 0 Å². The van der Waals surface area contributed by atoms with Crippen molar-refractivity contribution in [3.8, 4) is 11.4 Å². The molecule has 3 aromatic rings. The molecule has 0 bridgehead atoms. The monoisotopic (exact) mass is 299 g/mol. The molecule has 7 heteroatoms. The zero-order valence-electron chi connectivity index (χ0n) is 11.4. The molecular formula is C14H13N5OS. The van der Waals surface area contributed by atoms with E-state index in [2.05, 4.69) is 20.8 Å². The van der Waals surface area contributed by atoms with Gasteiger partial charge in [-0.2, -0.15) is 0 Å². The Labute approximate surface area is 125 Å². The summed E-state index contributed by atoms with van der Waals surface area (Å²) in [5.41, 5.74) is 1.59. The number of nitrogens with zero attached hydrogens (tertiary/aromatic N) is 4. The van der Waals surface area contributed by atoms with Gasteiger partial charge in [0.15, 0.2) is 5.82 Å². The molecule has 0 unspecified atom stereocenters. The first kappa shape index (κ1) is 13.4. The number of aryl methyl sites for hydroxylation is 1. The Bertz CT molecular complexity index is 750. The highest BCUT2D eigenvalue weighted by Crippen LogP contribution is 2.20. The van der Waals surface area contributed by atoms with Gasteiger partial charge in [-0.05, 0) is 34.0 Å². The lowest BCUT2D eigenvalue weighted by atomic mass is 10.2. The van der Waals surface area contributed by atoms with Crippen LogP contribution in [0.25, 0.3) is 11.4 Å². The molecule has 3 rings (SSSR count). The van der Waals surface area contributed by atoms with Gasteiger partial charge in [-0.25, -0.2) is 4.68 Å². The highest BCUT2D eigenvalue weighted by molar-refractivity contribution is 7.10. The Morgan fingerprint density at radius 3 is 2.95 bits per heavy atom. The molecular weight excluding hydrogens is 286 g/mol. The number of nitrogens with one attached hydrogen (secondary N) is 1. The number of benzene rings is 1. The normalized spacial score (nSPS) is 10.5. The van der Waals surface area contributed by atoms with Gasteiger partial charge >= 0.3 is 0 Å². The smallest absolute Gasteiger partial charge is 0.229 e. The zero-order valence-corrected chi connectivity index (χ0v) is 12.2. The van der Waals surface area contributed by atoms with E-state index in [1.807, 2.05) is 41.8 Å². The molecule has 0 fully saturated rings. The second kappa shape index (κ2) is 5.84. The molecule has 0 saturated heterocycles. The summed E-state index contributed by atoms with van der Waals surface area (Å²) < 4.78 is 1.59. The molecule has 2 heterocycles. The molecule has 0 saturated carbocycles. The standard InChI is InChI=1S/C14H13N5OS/c1-19-14(16-17-18-19)10-4-2-5-11(8-10)15-13(20)9-12-6-3-7-21-12/h2-8H,9H2,1H3,(H,15,20). The van der Waals surface area contributed by atoms with Gasteiger partial charge in [-0.15, -0.1) is 16.4 Å². The van der Waals surface area contributed by atoms with Crippen LogP contribution in [0.2, 0.25) is 0 Å². The summed E-state index contributed by atoms with van der Waals surface area (Å²) in [4.78, 5) is 13.0. The molecule has 1 aromatic carbocycles. The van der Waals surface area contributed by atoms with Crippen LogP contribution in [0.5, 0.6) is 0 Å². The molecule has 0 atom stereocenters. The van der Waals surface area contributed by atoms with Crippen molar-refractivity contribution in [3.05, 3.63) is 46.7 Å². The summed E-state index contributed by atoms with van der Waals surface area (Å²) in [6.07, 6.45) is 0.382. The maximum absolute atomic E-state index is 12.0. The molecule has 1 N–H and O–H groups in total. The highest BCUT2D eigenvalue weighted by Gasteiger charge is 2.08. The minimum Gasteiger partial charge on any atom is -0.326 e. The van der Waals surface area contributed by atoms with Crippen molar-refractivity contribution in [2.45, 2.75) is 6.42 Å². The second-order valence-corrected chi connectivity index (χ2v) is 5.54. The van der Waals surface area contributed by atoms with E-state index in [1.54, 1.807) is 23.1 Å². The van der Waals surface area contributed by atoms with Crippen molar-refractivity contribution >= 4 is 22.9 Å². The van der Waals surface area contributed by atoms with Crippen LogP contribution < -0.4 is 5.32 Å². The van der Waals surface area contributed by atoms with E-state index in [1.165, 1.54) is 0 Å². The number of aromatic nitrogens is 4. The fraction of sp³-hybridized carbons (Fsp3) is 0.143. The average molecular weight is 299 g/mol. The third-order valence-corrected chi connectivity index (χ3v) is 3.82. The van der Waals surface area contributed by atoms with Gasteiger partial charge in [0.25, 0.3) is 0 Å². The van der Waals surface area contributed by atoms with E-state index in [4.69, 9.17) is 0 Å². The average Bonchev–Trinajstić information content (AvgIpc) is 3.10. The number of anilines is 1. The molecule has 0 aliphatic heterocycles. The quantitative estimate of drug-likeness (QED) is 0.801.